The second kappa shape index (κ2) is 5.08. The van der Waals surface area contributed by atoms with Crippen LogP contribution in [-0.4, -0.2) is 11.1 Å². The fourth-order valence-electron chi connectivity index (χ4n) is 1.90. The number of benzene rings is 1. The molecule has 0 saturated carbocycles. The van der Waals surface area contributed by atoms with Gasteiger partial charge in [-0.2, -0.15) is 0 Å². The molecule has 3 nitrogen and oxygen atoms in total. The molecule has 3 N–H and O–H groups in total. The fourth-order valence-corrected chi connectivity index (χ4v) is 2.28. The van der Waals surface area contributed by atoms with E-state index in [0.717, 1.165) is 10.9 Å². The van der Waals surface area contributed by atoms with E-state index in [9.17, 15) is 9.90 Å². The van der Waals surface area contributed by atoms with Crippen molar-refractivity contribution in [1.29, 1.82) is 0 Å². The zero-order valence-electron chi connectivity index (χ0n) is 10.3. The predicted octanol–water partition coefficient (Wildman–Crippen LogP) is 3.64. The first-order valence-corrected chi connectivity index (χ1v) is 6.37. The van der Waals surface area contributed by atoms with E-state index in [4.69, 9.17) is 5.73 Å². The van der Waals surface area contributed by atoms with Crippen molar-refractivity contribution in [2.24, 2.45) is 5.41 Å². The van der Waals surface area contributed by atoms with Gasteiger partial charge in [0.05, 0.1) is 5.92 Å². The van der Waals surface area contributed by atoms with Crippen LogP contribution in [0.2, 0.25) is 0 Å². The van der Waals surface area contributed by atoms with E-state index in [-0.39, 0.29) is 5.41 Å². The highest BCUT2D eigenvalue weighted by Gasteiger charge is 2.36. The highest BCUT2D eigenvalue weighted by Crippen LogP contribution is 2.42. The highest BCUT2D eigenvalue weighted by molar-refractivity contribution is 9.10. The average molecular weight is 300 g/mol. The number of carboxylic acid groups (broad SMARTS) is 1. The van der Waals surface area contributed by atoms with Crippen molar-refractivity contribution < 1.29 is 9.90 Å². The summed E-state index contributed by atoms with van der Waals surface area (Å²) in [7, 11) is 0. The Labute approximate surface area is 110 Å². The maximum absolute atomic E-state index is 11.5. The Morgan fingerprint density at radius 2 is 2.12 bits per heavy atom. The van der Waals surface area contributed by atoms with Crippen LogP contribution in [0.3, 0.4) is 0 Å². The topological polar surface area (TPSA) is 63.3 Å². The number of carboxylic acids is 1. The zero-order valence-corrected chi connectivity index (χ0v) is 11.9. The molecule has 0 radical (unpaired) electrons. The summed E-state index contributed by atoms with van der Waals surface area (Å²) >= 11 is 3.33. The smallest absolute Gasteiger partial charge is 0.311 e. The van der Waals surface area contributed by atoms with E-state index in [0.29, 0.717) is 11.3 Å². The number of hydrogen-bond donors (Lipinski definition) is 2. The highest BCUT2D eigenvalue weighted by atomic mass is 79.9. The van der Waals surface area contributed by atoms with Crippen molar-refractivity contribution in [3.8, 4) is 0 Å². The van der Waals surface area contributed by atoms with Gasteiger partial charge in [0.25, 0.3) is 0 Å². The third kappa shape index (κ3) is 2.80. The van der Waals surface area contributed by atoms with Crippen LogP contribution in [0.15, 0.2) is 22.7 Å². The van der Waals surface area contributed by atoms with E-state index in [2.05, 4.69) is 15.9 Å². The van der Waals surface area contributed by atoms with Gasteiger partial charge in [-0.05, 0) is 39.4 Å². The number of halogens is 1. The maximum Gasteiger partial charge on any atom is 0.311 e. The standard InChI is InChI=1S/C13H18BrNO2/c1-4-13(2,3)10(12(16)17)8-6-5-7-9(14)11(8)15/h5-7,10H,4,15H2,1-3H3,(H,16,17). The molecule has 1 aromatic carbocycles. The first-order valence-electron chi connectivity index (χ1n) is 5.58. The molecule has 94 valence electrons. The van der Waals surface area contributed by atoms with Crippen LogP contribution in [-0.2, 0) is 4.79 Å². The van der Waals surface area contributed by atoms with Gasteiger partial charge in [-0.25, -0.2) is 0 Å². The molecule has 1 atom stereocenters. The Kier molecular flexibility index (Phi) is 4.20. The van der Waals surface area contributed by atoms with Gasteiger partial charge in [-0.15, -0.1) is 0 Å². The summed E-state index contributed by atoms with van der Waals surface area (Å²) in [6.07, 6.45) is 0.774. The summed E-state index contributed by atoms with van der Waals surface area (Å²) in [5.74, 6) is -1.42. The van der Waals surface area contributed by atoms with Crippen LogP contribution < -0.4 is 5.73 Å². The molecule has 0 aliphatic carbocycles. The number of hydrogen-bond acceptors (Lipinski definition) is 2. The molecule has 0 aliphatic heterocycles. The molecule has 1 rings (SSSR count). The summed E-state index contributed by atoms with van der Waals surface area (Å²) in [6, 6.07) is 5.42. The van der Waals surface area contributed by atoms with Gasteiger partial charge in [0, 0.05) is 10.2 Å². The normalized spacial score (nSPS) is 13.4. The Morgan fingerprint density at radius 1 is 1.53 bits per heavy atom. The number of nitrogen functional groups attached to an aromatic ring is 1. The van der Waals surface area contributed by atoms with Crippen LogP contribution in [0.5, 0.6) is 0 Å². The third-order valence-electron chi connectivity index (χ3n) is 3.34. The van der Waals surface area contributed by atoms with Crippen LogP contribution in [0.25, 0.3) is 0 Å². The van der Waals surface area contributed by atoms with Crippen LogP contribution >= 0.6 is 15.9 Å². The fraction of sp³-hybridized carbons (Fsp3) is 0.462. The van der Waals surface area contributed by atoms with Crippen molar-refractivity contribution in [3.05, 3.63) is 28.2 Å². The van der Waals surface area contributed by atoms with Crippen molar-refractivity contribution in [2.45, 2.75) is 33.1 Å². The molecule has 0 saturated heterocycles. The Balaban J connectivity index is 3.34. The number of carbonyl (C=O) groups is 1. The average Bonchev–Trinajstić information content (AvgIpc) is 2.24. The van der Waals surface area contributed by atoms with E-state index < -0.39 is 11.9 Å². The number of aliphatic carboxylic acids is 1. The molecular weight excluding hydrogens is 282 g/mol. The van der Waals surface area contributed by atoms with Gasteiger partial charge in [-0.3, -0.25) is 4.79 Å². The molecule has 17 heavy (non-hydrogen) atoms. The lowest BCUT2D eigenvalue weighted by Gasteiger charge is -2.31. The molecule has 4 heteroatoms. The van der Waals surface area contributed by atoms with Crippen molar-refractivity contribution in [2.75, 3.05) is 5.73 Å². The first kappa shape index (κ1) is 14.0. The molecule has 1 aromatic rings. The molecule has 0 fully saturated rings. The van der Waals surface area contributed by atoms with E-state index in [1.165, 1.54) is 0 Å². The molecule has 0 spiro atoms. The van der Waals surface area contributed by atoms with Crippen LogP contribution in [0.1, 0.15) is 38.7 Å². The van der Waals surface area contributed by atoms with Gasteiger partial charge in [0.15, 0.2) is 0 Å². The van der Waals surface area contributed by atoms with Gasteiger partial charge in [0.1, 0.15) is 0 Å². The number of anilines is 1. The minimum absolute atomic E-state index is 0.333. The Morgan fingerprint density at radius 3 is 2.59 bits per heavy atom. The predicted molar refractivity (Wildman–Crippen MR) is 73.0 cm³/mol. The van der Waals surface area contributed by atoms with Crippen LogP contribution in [0.4, 0.5) is 5.69 Å². The second-order valence-corrected chi connectivity index (χ2v) is 5.71. The van der Waals surface area contributed by atoms with Gasteiger partial charge < -0.3 is 10.8 Å². The molecule has 0 aliphatic rings. The molecule has 0 aromatic heterocycles. The lowest BCUT2D eigenvalue weighted by Crippen LogP contribution is -2.29. The number of para-hydroxylation sites is 1. The summed E-state index contributed by atoms with van der Waals surface area (Å²) in [6.45, 7) is 5.89. The lowest BCUT2D eigenvalue weighted by atomic mass is 9.73. The third-order valence-corrected chi connectivity index (χ3v) is 4.03. The summed E-state index contributed by atoms with van der Waals surface area (Å²) in [5, 5.41) is 9.44. The first-order chi connectivity index (χ1) is 7.81. The summed E-state index contributed by atoms with van der Waals surface area (Å²) in [5.41, 5.74) is 6.82. The number of nitrogens with two attached hydrogens (primary N) is 1. The Bertz CT molecular complexity index is 429. The molecule has 0 bridgehead atoms. The van der Waals surface area contributed by atoms with Gasteiger partial charge >= 0.3 is 5.97 Å². The van der Waals surface area contributed by atoms with E-state index >= 15 is 0 Å². The molecule has 0 amide bonds. The van der Waals surface area contributed by atoms with E-state index in [1.54, 1.807) is 6.07 Å². The van der Waals surface area contributed by atoms with Crippen molar-refractivity contribution in [1.82, 2.24) is 0 Å². The van der Waals surface area contributed by atoms with Crippen LogP contribution in [0, 0.1) is 5.41 Å². The second-order valence-electron chi connectivity index (χ2n) is 4.86. The summed E-state index contributed by atoms with van der Waals surface area (Å²) < 4.78 is 0.744. The minimum atomic E-state index is -0.832. The quantitative estimate of drug-likeness (QED) is 0.834. The minimum Gasteiger partial charge on any atom is -0.481 e. The van der Waals surface area contributed by atoms with Gasteiger partial charge in [-0.1, -0.05) is 32.9 Å². The Hall–Kier alpha value is -1.03. The largest absolute Gasteiger partial charge is 0.481 e. The lowest BCUT2D eigenvalue weighted by molar-refractivity contribution is -0.141. The maximum atomic E-state index is 11.5. The zero-order chi connectivity index (χ0) is 13.2. The van der Waals surface area contributed by atoms with Crippen molar-refractivity contribution in [3.63, 3.8) is 0 Å². The van der Waals surface area contributed by atoms with E-state index in [1.807, 2.05) is 32.9 Å². The molecule has 1 unspecified atom stereocenters. The molecule has 0 heterocycles. The number of rotatable bonds is 4. The van der Waals surface area contributed by atoms with Gasteiger partial charge in [0.2, 0.25) is 0 Å². The monoisotopic (exact) mass is 299 g/mol. The molecular formula is C13H18BrNO2. The summed E-state index contributed by atoms with van der Waals surface area (Å²) in [4.78, 5) is 11.5. The van der Waals surface area contributed by atoms with Crippen molar-refractivity contribution >= 4 is 27.6 Å². The SMILES string of the molecule is CCC(C)(C)C(C(=O)O)c1cccc(Br)c1N.